The predicted molar refractivity (Wildman–Crippen MR) is 158 cm³/mol. The zero-order valence-electron chi connectivity index (χ0n) is 22.7. The van der Waals surface area contributed by atoms with Gasteiger partial charge in [0.1, 0.15) is 6.04 Å². The minimum absolute atomic E-state index is 0.00379. The number of hydrogen-bond acceptors (Lipinski definition) is 3. The number of benzene rings is 3. The van der Waals surface area contributed by atoms with Gasteiger partial charge in [-0.15, -0.1) is 0 Å². The van der Waals surface area contributed by atoms with Crippen molar-refractivity contribution in [3.63, 3.8) is 0 Å². The molecule has 40 heavy (non-hydrogen) atoms. The van der Waals surface area contributed by atoms with Crippen LogP contribution in [0, 0.1) is 13.8 Å². The van der Waals surface area contributed by atoms with E-state index in [-0.39, 0.29) is 24.8 Å². The molecule has 0 unspecified atom stereocenters. The number of carboxylic acid groups (broad SMARTS) is 1. The first-order valence-corrected chi connectivity index (χ1v) is 14.0. The van der Waals surface area contributed by atoms with Crippen molar-refractivity contribution in [2.24, 2.45) is 0 Å². The maximum absolute atomic E-state index is 14.6. The fourth-order valence-corrected chi connectivity index (χ4v) is 5.31. The third-order valence-corrected chi connectivity index (χ3v) is 7.73. The van der Waals surface area contributed by atoms with Gasteiger partial charge in [-0.3, -0.25) is 14.4 Å². The van der Waals surface area contributed by atoms with Gasteiger partial charge >= 0.3 is 5.97 Å². The summed E-state index contributed by atoms with van der Waals surface area (Å²) in [5, 5.41) is 10.2. The van der Waals surface area contributed by atoms with Crippen LogP contribution in [0.3, 0.4) is 0 Å². The summed E-state index contributed by atoms with van der Waals surface area (Å²) in [5.41, 5.74) is 4.69. The van der Waals surface area contributed by atoms with E-state index >= 15 is 0 Å². The Balaban J connectivity index is 1.88. The number of amides is 2. The average Bonchev–Trinajstić information content (AvgIpc) is 3.02. The van der Waals surface area contributed by atoms with Gasteiger partial charge in [0.05, 0.1) is 11.7 Å². The van der Waals surface area contributed by atoms with Crippen molar-refractivity contribution in [1.82, 2.24) is 9.80 Å². The van der Waals surface area contributed by atoms with Crippen molar-refractivity contribution in [3.05, 3.63) is 111 Å². The van der Waals surface area contributed by atoms with Crippen molar-refractivity contribution >= 4 is 46.7 Å². The summed E-state index contributed by atoms with van der Waals surface area (Å²) in [6, 6.07) is 18.7. The highest BCUT2D eigenvalue weighted by Gasteiger charge is 2.41. The number of unbranched alkanes of at least 4 members (excludes halogenated alkanes) is 1. The van der Waals surface area contributed by atoms with E-state index in [4.69, 9.17) is 28.3 Å². The van der Waals surface area contributed by atoms with Crippen molar-refractivity contribution in [3.8, 4) is 0 Å². The zero-order chi connectivity index (χ0) is 29.0. The SMILES string of the molecule is Cc1ccc(C)c(C2=CC(=O)N([C@H](C)c3ccc(Cl)cc3)[C@@H](c3ccc(Cl)cc3)C(=O)N2CCCCC(=O)O)c1. The number of halogens is 2. The highest BCUT2D eigenvalue weighted by molar-refractivity contribution is 6.30. The normalized spacial score (nSPS) is 16.5. The van der Waals surface area contributed by atoms with Crippen molar-refractivity contribution in [1.29, 1.82) is 0 Å². The second kappa shape index (κ2) is 12.7. The van der Waals surface area contributed by atoms with Crippen LogP contribution in [-0.4, -0.2) is 39.2 Å². The quantitative estimate of drug-likeness (QED) is 0.269. The Morgan fingerprint density at radius 1 is 0.925 bits per heavy atom. The van der Waals surface area contributed by atoms with E-state index in [0.29, 0.717) is 34.1 Å². The summed E-state index contributed by atoms with van der Waals surface area (Å²) in [4.78, 5) is 43.2. The first-order valence-electron chi connectivity index (χ1n) is 13.2. The lowest BCUT2D eigenvalue weighted by molar-refractivity contribution is -0.142. The Kier molecular flexibility index (Phi) is 9.33. The summed E-state index contributed by atoms with van der Waals surface area (Å²) in [7, 11) is 0. The van der Waals surface area contributed by atoms with Gasteiger partial charge in [-0.05, 0) is 80.6 Å². The summed E-state index contributed by atoms with van der Waals surface area (Å²) in [5.74, 6) is -1.46. The summed E-state index contributed by atoms with van der Waals surface area (Å²) in [6.45, 7) is 6.08. The van der Waals surface area contributed by atoms with Crippen LogP contribution in [0.15, 0.2) is 72.8 Å². The van der Waals surface area contributed by atoms with Crippen LogP contribution in [0.5, 0.6) is 0 Å². The van der Waals surface area contributed by atoms with Gasteiger partial charge < -0.3 is 14.9 Å². The molecule has 0 aromatic heterocycles. The second-order valence-electron chi connectivity index (χ2n) is 10.1. The van der Waals surface area contributed by atoms with Gasteiger partial charge in [-0.1, -0.05) is 65.2 Å². The van der Waals surface area contributed by atoms with Gasteiger partial charge in [-0.25, -0.2) is 0 Å². The molecule has 1 aliphatic heterocycles. The van der Waals surface area contributed by atoms with Crippen LogP contribution >= 0.6 is 23.2 Å². The molecule has 2 atom stereocenters. The molecular weight excluding hydrogens is 547 g/mol. The molecule has 3 aromatic carbocycles. The van der Waals surface area contributed by atoms with E-state index in [2.05, 4.69) is 0 Å². The molecule has 0 spiro atoms. The van der Waals surface area contributed by atoms with Gasteiger partial charge in [0.15, 0.2) is 0 Å². The fraction of sp³-hybridized carbons (Fsp3) is 0.281. The van der Waals surface area contributed by atoms with Gasteiger partial charge in [-0.2, -0.15) is 0 Å². The van der Waals surface area contributed by atoms with E-state index in [0.717, 1.165) is 22.3 Å². The number of hydrogen-bond donors (Lipinski definition) is 1. The van der Waals surface area contributed by atoms with Crippen molar-refractivity contribution in [2.75, 3.05) is 6.54 Å². The Labute approximate surface area is 244 Å². The fourth-order valence-electron chi connectivity index (χ4n) is 5.06. The molecule has 6 nitrogen and oxygen atoms in total. The molecule has 0 aliphatic carbocycles. The van der Waals surface area contributed by atoms with Crippen molar-refractivity contribution < 1.29 is 19.5 Å². The highest BCUT2D eigenvalue weighted by atomic mass is 35.5. The molecule has 208 valence electrons. The number of aryl methyl sites for hydroxylation is 2. The van der Waals surface area contributed by atoms with Gasteiger partial charge in [0, 0.05) is 34.7 Å². The van der Waals surface area contributed by atoms with E-state index in [1.54, 1.807) is 52.3 Å². The molecule has 1 aliphatic rings. The van der Waals surface area contributed by atoms with Crippen LogP contribution in [0.25, 0.3) is 5.70 Å². The maximum Gasteiger partial charge on any atom is 0.303 e. The van der Waals surface area contributed by atoms with Crippen LogP contribution < -0.4 is 0 Å². The molecule has 1 heterocycles. The lowest BCUT2D eigenvalue weighted by atomic mass is 9.98. The Bertz CT molecular complexity index is 1430. The van der Waals surface area contributed by atoms with Crippen LogP contribution in [-0.2, 0) is 14.4 Å². The third-order valence-electron chi connectivity index (χ3n) is 7.23. The lowest BCUT2D eigenvalue weighted by Gasteiger charge is -2.36. The molecule has 4 rings (SSSR count). The number of aliphatic carboxylic acids is 1. The number of nitrogens with zero attached hydrogens (tertiary/aromatic N) is 2. The van der Waals surface area contributed by atoms with E-state index < -0.39 is 18.1 Å². The molecule has 0 fully saturated rings. The first kappa shape index (κ1) is 29.4. The Morgan fingerprint density at radius 2 is 1.55 bits per heavy atom. The molecule has 1 N–H and O–H groups in total. The Hall–Kier alpha value is -3.61. The zero-order valence-corrected chi connectivity index (χ0v) is 24.2. The molecule has 3 aromatic rings. The van der Waals surface area contributed by atoms with E-state index in [9.17, 15) is 14.4 Å². The topological polar surface area (TPSA) is 77.9 Å². The van der Waals surface area contributed by atoms with E-state index in [1.165, 1.54) is 0 Å². The average molecular weight is 580 g/mol. The maximum atomic E-state index is 14.6. The van der Waals surface area contributed by atoms with Gasteiger partial charge in [0.25, 0.3) is 5.91 Å². The number of rotatable bonds is 9. The first-order chi connectivity index (χ1) is 19.1. The summed E-state index contributed by atoms with van der Waals surface area (Å²) >= 11 is 12.3. The largest absolute Gasteiger partial charge is 0.481 e. The smallest absolute Gasteiger partial charge is 0.303 e. The summed E-state index contributed by atoms with van der Waals surface area (Å²) < 4.78 is 0. The number of carbonyl (C=O) groups excluding carboxylic acids is 2. The van der Waals surface area contributed by atoms with Crippen LogP contribution in [0.2, 0.25) is 10.0 Å². The number of carboxylic acids is 1. The van der Waals surface area contributed by atoms with Crippen LogP contribution in [0.1, 0.15) is 66.1 Å². The molecule has 0 saturated heterocycles. The van der Waals surface area contributed by atoms with E-state index in [1.807, 2.05) is 51.1 Å². The Morgan fingerprint density at radius 3 is 2.17 bits per heavy atom. The molecule has 8 heteroatoms. The molecule has 0 bridgehead atoms. The van der Waals surface area contributed by atoms with Gasteiger partial charge in [0.2, 0.25) is 5.91 Å². The second-order valence-corrected chi connectivity index (χ2v) is 11.0. The molecule has 2 amide bonds. The standard InChI is InChI=1S/C32H32Cl2N2O4/c1-20-7-8-21(2)27(18-20)28-19-29(37)36(22(3)23-9-13-25(33)14-10-23)31(24-11-15-26(34)16-12-24)32(40)35(28)17-5-4-6-30(38)39/h7-16,18-19,22,31H,4-6,17H2,1-3H3,(H,38,39)/t22-,31+/m1/s1. The minimum Gasteiger partial charge on any atom is -0.481 e. The molecular formula is C32H32Cl2N2O4. The summed E-state index contributed by atoms with van der Waals surface area (Å²) in [6.07, 6.45) is 2.42. The van der Waals surface area contributed by atoms with Crippen LogP contribution in [0.4, 0.5) is 0 Å². The molecule has 0 saturated carbocycles. The lowest BCUT2D eigenvalue weighted by Crippen LogP contribution is -2.43. The monoisotopic (exact) mass is 578 g/mol. The van der Waals surface area contributed by atoms with Crippen molar-refractivity contribution in [2.45, 2.75) is 52.1 Å². The highest BCUT2D eigenvalue weighted by Crippen LogP contribution is 2.39. The third kappa shape index (κ3) is 6.57. The minimum atomic E-state index is -0.936. The number of carbonyl (C=O) groups is 3. The molecule has 0 radical (unpaired) electrons. The predicted octanol–water partition coefficient (Wildman–Crippen LogP) is 7.38.